The van der Waals surface area contributed by atoms with Gasteiger partial charge in [0.2, 0.25) is 11.8 Å². The number of aromatic nitrogens is 2. The number of aryl methyl sites for hydroxylation is 1. The quantitative estimate of drug-likeness (QED) is 0.563. The van der Waals surface area contributed by atoms with Crippen LogP contribution in [-0.2, 0) is 0 Å². The number of hydrogen-bond donors (Lipinski definition) is 3. The molecule has 1 saturated carbocycles. The van der Waals surface area contributed by atoms with Gasteiger partial charge in [-0.3, -0.25) is 10.1 Å². The lowest BCUT2D eigenvalue weighted by Gasteiger charge is -2.49. The summed E-state index contributed by atoms with van der Waals surface area (Å²) in [6.45, 7) is 5.40. The second kappa shape index (κ2) is 4.86. The predicted octanol–water partition coefficient (Wildman–Crippen LogP) is 1.31. The third kappa shape index (κ3) is 2.26. The third-order valence-electron chi connectivity index (χ3n) is 3.99. The number of rotatable bonds is 4. The Hall–Kier alpha value is -1.96. The van der Waals surface area contributed by atoms with Crippen molar-refractivity contribution >= 4 is 17.5 Å². The van der Waals surface area contributed by atoms with Crippen LogP contribution in [0.4, 0.5) is 17.5 Å². The lowest BCUT2D eigenvalue weighted by atomic mass is 9.64. The molecule has 2 rings (SSSR count). The van der Waals surface area contributed by atoms with E-state index in [-0.39, 0.29) is 23.0 Å². The summed E-state index contributed by atoms with van der Waals surface area (Å²) >= 11 is 0. The van der Waals surface area contributed by atoms with E-state index in [0.717, 1.165) is 0 Å². The zero-order chi connectivity index (χ0) is 15.1. The topological polar surface area (TPSA) is 113 Å². The van der Waals surface area contributed by atoms with E-state index in [1.165, 1.54) is 0 Å². The first kappa shape index (κ1) is 14.4. The van der Waals surface area contributed by atoms with Gasteiger partial charge in [-0.05, 0) is 13.3 Å². The fourth-order valence-electron chi connectivity index (χ4n) is 2.31. The normalized spacial score (nSPS) is 23.9. The van der Waals surface area contributed by atoms with Gasteiger partial charge in [-0.15, -0.1) is 0 Å². The lowest BCUT2D eigenvalue weighted by Crippen LogP contribution is -2.57. The van der Waals surface area contributed by atoms with Crippen molar-refractivity contribution in [2.24, 2.45) is 5.41 Å². The van der Waals surface area contributed by atoms with Crippen LogP contribution in [0.2, 0.25) is 0 Å². The second-order valence-corrected chi connectivity index (χ2v) is 5.61. The van der Waals surface area contributed by atoms with Crippen LogP contribution in [0, 0.1) is 22.5 Å². The standard InChI is InChI=1S/C12H19N5O3/c1-6-9(17(19)20)10(16-11(13-4)14-6)15-7-5-8(18)12(7,2)3/h7-8,18H,5H2,1-4H3,(H2,13,14,15,16). The van der Waals surface area contributed by atoms with Crippen molar-refractivity contribution in [3.05, 3.63) is 15.8 Å². The fourth-order valence-corrected chi connectivity index (χ4v) is 2.31. The molecule has 1 aromatic rings. The highest BCUT2D eigenvalue weighted by molar-refractivity contribution is 5.61. The Kier molecular flexibility index (Phi) is 3.51. The highest BCUT2D eigenvalue weighted by atomic mass is 16.6. The summed E-state index contributed by atoms with van der Waals surface area (Å²) in [7, 11) is 1.65. The van der Waals surface area contributed by atoms with E-state index >= 15 is 0 Å². The minimum absolute atomic E-state index is 0.0600. The van der Waals surface area contributed by atoms with E-state index in [2.05, 4.69) is 20.6 Å². The molecular formula is C12H19N5O3. The van der Waals surface area contributed by atoms with Crippen molar-refractivity contribution in [3.63, 3.8) is 0 Å². The minimum Gasteiger partial charge on any atom is -0.392 e. The van der Waals surface area contributed by atoms with E-state index in [0.29, 0.717) is 18.1 Å². The molecule has 1 heterocycles. The summed E-state index contributed by atoms with van der Waals surface area (Å²) in [4.78, 5) is 18.8. The van der Waals surface area contributed by atoms with Gasteiger partial charge >= 0.3 is 5.69 Å². The number of aliphatic hydroxyl groups excluding tert-OH is 1. The molecule has 1 aliphatic rings. The van der Waals surface area contributed by atoms with Crippen molar-refractivity contribution in [1.82, 2.24) is 9.97 Å². The van der Waals surface area contributed by atoms with Crippen LogP contribution in [0.3, 0.4) is 0 Å². The van der Waals surface area contributed by atoms with E-state index in [1.54, 1.807) is 14.0 Å². The highest BCUT2D eigenvalue weighted by Crippen LogP contribution is 2.43. The van der Waals surface area contributed by atoms with Gasteiger partial charge in [-0.2, -0.15) is 4.98 Å². The fraction of sp³-hybridized carbons (Fsp3) is 0.667. The Bertz CT molecular complexity index is 546. The van der Waals surface area contributed by atoms with Crippen LogP contribution in [0.1, 0.15) is 26.0 Å². The molecule has 0 aromatic carbocycles. The Labute approximate surface area is 116 Å². The molecule has 1 aromatic heterocycles. The van der Waals surface area contributed by atoms with Crippen molar-refractivity contribution in [2.75, 3.05) is 17.7 Å². The van der Waals surface area contributed by atoms with Gasteiger partial charge in [-0.1, -0.05) is 13.8 Å². The van der Waals surface area contributed by atoms with Crippen molar-refractivity contribution < 1.29 is 10.0 Å². The molecule has 0 saturated heterocycles. The molecule has 8 nitrogen and oxygen atoms in total. The number of anilines is 2. The molecular weight excluding hydrogens is 262 g/mol. The van der Waals surface area contributed by atoms with Crippen molar-refractivity contribution in [2.45, 2.75) is 39.3 Å². The Morgan fingerprint density at radius 1 is 1.45 bits per heavy atom. The molecule has 1 aliphatic carbocycles. The van der Waals surface area contributed by atoms with Crippen LogP contribution in [-0.4, -0.2) is 39.2 Å². The molecule has 8 heteroatoms. The summed E-state index contributed by atoms with van der Waals surface area (Å²) in [5.74, 6) is 0.519. The number of nitrogens with zero attached hydrogens (tertiary/aromatic N) is 3. The average molecular weight is 281 g/mol. The predicted molar refractivity (Wildman–Crippen MR) is 74.8 cm³/mol. The van der Waals surface area contributed by atoms with Crippen molar-refractivity contribution in [3.8, 4) is 0 Å². The maximum atomic E-state index is 11.2. The molecule has 1 fully saturated rings. The average Bonchev–Trinajstić information content (AvgIpc) is 2.37. The van der Waals surface area contributed by atoms with E-state index in [1.807, 2.05) is 13.8 Å². The van der Waals surface area contributed by atoms with Gasteiger partial charge in [0.05, 0.1) is 11.0 Å². The molecule has 0 spiro atoms. The zero-order valence-electron chi connectivity index (χ0n) is 12.0. The van der Waals surface area contributed by atoms with Gasteiger partial charge in [0.25, 0.3) is 0 Å². The number of nitro groups is 1. The largest absolute Gasteiger partial charge is 0.392 e. The number of hydrogen-bond acceptors (Lipinski definition) is 7. The van der Waals surface area contributed by atoms with Crippen LogP contribution < -0.4 is 10.6 Å². The molecule has 3 N–H and O–H groups in total. The van der Waals surface area contributed by atoms with E-state index in [9.17, 15) is 15.2 Å². The Balaban J connectivity index is 2.35. The first-order valence-corrected chi connectivity index (χ1v) is 6.42. The monoisotopic (exact) mass is 281 g/mol. The smallest absolute Gasteiger partial charge is 0.332 e. The molecule has 0 amide bonds. The summed E-state index contributed by atoms with van der Waals surface area (Å²) < 4.78 is 0. The maximum absolute atomic E-state index is 11.2. The van der Waals surface area contributed by atoms with Crippen LogP contribution in [0.25, 0.3) is 0 Å². The minimum atomic E-state index is -0.487. The summed E-state index contributed by atoms with van der Waals surface area (Å²) in [5.41, 5.74) is -0.164. The van der Waals surface area contributed by atoms with Crippen LogP contribution in [0.15, 0.2) is 0 Å². The Morgan fingerprint density at radius 3 is 2.55 bits per heavy atom. The maximum Gasteiger partial charge on any atom is 0.332 e. The summed E-state index contributed by atoms with van der Waals surface area (Å²) in [6, 6.07) is -0.0600. The van der Waals surface area contributed by atoms with E-state index in [4.69, 9.17) is 0 Å². The highest BCUT2D eigenvalue weighted by Gasteiger charge is 2.48. The number of nitrogens with one attached hydrogen (secondary N) is 2. The third-order valence-corrected chi connectivity index (χ3v) is 3.99. The summed E-state index contributed by atoms with van der Waals surface area (Å²) in [6.07, 6.45) is 0.132. The second-order valence-electron chi connectivity index (χ2n) is 5.61. The molecule has 0 bridgehead atoms. The van der Waals surface area contributed by atoms with Crippen LogP contribution in [0.5, 0.6) is 0 Å². The van der Waals surface area contributed by atoms with Gasteiger partial charge < -0.3 is 15.7 Å². The molecule has 0 radical (unpaired) electrons. The van der Waals surface area contributed by atoms with Gasteiger partial charge in [0, 0.05) is 18.5 Å². The van der Waals surface area contributed by atoms with Crippen molar-refractivity contribution in [1.29, 1.82) is 0 Å². The molecule has 2 unspecified atom stereocenters. The Morgan fingerprint density at radius 2 is 2.10 bits per heavy atom. The lowest BCUT2D eigenvalue weighted by molar-refractivity contribution is -0.385. The van der Waals surface area contributed by atoms with Gasteiger partial charge in [0.15, 0.2) is 0 Å². The molecule has 110 valence electrons. The SMILES string of the molecule is CNc1nc(C)c([N+](=O)[O-])c(NC2CC(O)C2(C)C)n1. The van der Waals surface area contributed by atoms with Crippen LogP contribution >= 0.6 is 0 Å². The molecule has 2 atom stereocenters. The molecule has 0 aliphatic heterocycles. The van der Waals surface area contributed by atoms with Gasteiger partial charge in [0.1, 0.15) is 5.69 Å². The molecule has 20 heavy (non-hydrogen) atoms. The van der Waals surface area contributed by atoms with Gasteiger partial charge in [-0.25, -0.2) is 4.98 Å². The number of aliphatic hydroxyl groups is 1. The summed E-state index contributed by atoms with van der Waals surface area (Å²) in [5, 5.41) is 26.8. The van der Waals surface area contributed by atoms with E-state index < -0.39 is 11.0 Å². The first-order valence-electron chi connectivity index (χ1n) is 6.42. The zero-order valence-corrected chi connectivity index (χ0v) is 12.0. The first-order chi connectivity index (χ1) is 9.27.